The van der Waals surface area contributed by atoms with Gasteiger partial charge in [0.25, 0.3) is 0 Å². The van der Waals surface area contributed by atoms with Crippen molar-refractivity contribution in [3.63, 3.8) is 0 Å². The van der Waals surface area contributed by atoms with Crippen molar-refractivity contribution >= 4 is 22.4 Å². The zero-order valence-corrected chi connectivity index (χ0v) is 18.1. The number of hydrogen-bond donors (Lipinski definition) is 1. The molecule has 0 saturated carbocycles. The van der Waals surface area contributed by atoms with Crippen molar-refractivity contribution in [1.29, 1.82) is 0 Å². The monoisotopic (exact) mass is 433 g/mol. The summed E-state index contributed by atoms with van der Waals surface area (Å²) in [6.45, 7) is 8.64. The maximum absolute atomic E-state index is 13.3. The highest BCUT2D eigenvalue weighted by Crippen LogP contribution is 2.23. The average molecular weight is 434 g/mol. The summed E-state index contributed by atoms with van der Waals surface area (Å²) in [6, 6.07) is 6.81. The number of benzene rings is 1. The van der Waals surface area contributed by atoms with E-state index in [1.807, 2.05) is 6.92 Å². The van der Waals surface area contributed by atoms with Crippen molar-refractivity contribution in [2.75, 3.05) is 59.1 Å². The van der Waals surface area contributed by atoms with Gasteiger partial charge in [-0.15, -0.1) is 12.4 Å². The molecule has 160 valence electrons. The molecule has 1 N–H and O–H groups in total. The molecule has 0 radical (unpaired) electrons. The van der Waals surface area contributed by atoms with Crippen LogP contribution in [0.25, 0.3) is 0 Å². The Balaban J connectivity index is 0.00000280. The predicted molar refractivity (Wildman–Crippen MR) is 112 cm³/mol. The van der Waals surface area contributed by atoms with Gasteiger partial charge in [-0.2, -0.15) is 4.31 Å². The molecule has 0 spiro atoms. The number of morpholine rings is 1. The van der Waals surface area contributed by atoms with E-state index in [4.69, 9.17) is 9.47 Å². The first-order valence-corrected chi connectivity index (χ1v) is 11.3. The van der Waals surface area contributed by atoms with Gasteiger partial charge in [0.05, 0.1) is 24.7 Å². The summed E-state index contributed by atoms with van der Waals surface area (Å²) < 4.78 is 39.3. The van der Waals surface area contributed by atoms with Crippen LogP contribution in [-0.2, 0) is 14.8 Å². The van der Waals surface area contributed by atoms with E-state index >= 15 is 0 Å². The van der Waals surface area contributed by atoms with Crippen molar-refractivity contribution < 1.29 is 17.9 Å². The number of nitrogens with one attached hydrogen (secondary N) is 1. The maximum atomic E-state index is 13.3. The standard InChI is InChI=1S/C19H31N3O4S.ClH/c1-2-13-26-18-3-5-19(6-4-18)27(23,24)22(17-7-8-20-16-17)10-9-21-11-14-25-15-12-21;/h3-6,17,20H,2,7-16H2,1H3;1H. The molecule has 0 bridgehead atoms. The molecule has 0 amide bonds. The highest BCUT2D eigenvalue weighted by Gasteiger charge is 2.33. The van der Waals surface area contributed by atoms with Gasteiger partial charge in [0.1, 0.15) is 5.75 Å². The van der Waals surface area contributed by atoms with Gasteiger partial charge in [-0.3, -0.25) is 4.90 Å². The molecule has 9 heteroatoms. The van der Waals surface area contributed by atoms with Crippen molar-refractivity contribution in [1.82, 2.24) is 14.5 Å². The van der Waals surface area contributed by atoms with Gasteiger partial charge in [-0.05, 0) is 43.7 Å². The van der Waals surface area contributed by atoms with Gasteiger partial charge in [0.15, 0.2) is 0 Å². The van der Waals surface area contributed by atoms with Crippen LogP contribution in [0.1, 0.15) is 19.8 Å². The second kappa shape index (κ2) is 11.3. The highest BCUT2D eigenvalue weighted by molar-refractivity contribution is 7.89. The van der Waals surface area contributed by atoms with Crippen LogP contribution in [0.4, 0.5) is 0 Å². The summed E-state index contributed by atoms with van der Waals surface area (Å²) in [5.41, 5.74) is 0. The van der Waals surface area contributed by atoms with E-state index in [0.29, 0.717) is 30.3 Å². The Bertz CT molecular complexity index is 675. The smallest absolute Gasteiger partial charge is 0.243 e. The molecule has 1 aromatic carbocycles. The Kier molecular flexibility index (Phi) is 9.46. The Morgan fingerprint density at radius 1 is 1.25 bits per heavy atom. The van der Waals surface area contributed by atoms with Crippen LogP contribution in [0.5, 0.6) is 5.75 Å². The molecule has 0 aromatic heterocycles. The van der Waals surface area contributed by atoms with E-state index in [2.05, 4.69) is 10.2 Å². The summed E-state index contributed by atoms with van der Waals surface area (Å²) in [5, 5.41) is 3.29. The Hall–Kier alpha value is -0.900. The van der Waals surface area contributed by atoms with E-state index < -0.39 is 10.0 Å². The van der Waals surface area contributed by atoms with Crippen LogP contribution >= 0.6 is 12.4 Å². The fourth-order valence-corrected chi connectivity index (χ4v) is 5.16. The lowest BCUT2D eigenvalue weighted by Crippen LogP contribution is -2.47. The SMILES string of the molecule is CCCOc1ccc(S(=O)(=O)N(CCN2CCOCC2)C2CCNC2)cc1.Cl. The molecule has 2 aliphatic heterocycles. The third-order valence-electron chi connectivity index (χ3n) is 5.09. The van der Waals surface area contributed by atoms with E-state index in [9.17, 15) is 8.42 Å². The van der Waals surface area contributed by atoms with Gasteiger partial charge < -0.3 is 14.8 Å². The molecule has 2 aliphatic rings. The van der Waals surface area contributed by atoms with Crippen LogP contribution in [-0.4, -0.2) is 82.8 Å². The van der Waals surface area contributed by atoms with Crippen LogP contribution < -0.4 is 10.1 Å². The summed E-state index contributed by atoms with van der Waals surface area (Å²) >= 11 is 0. The minimum atomic E-state index is -3.54. The molecular weight excluding hydrogens is 402 g/mol. The number of ether oxygens (including phenoxy) is 2. The zero-order valence-electron chi connectivity index (χ0n) is 16.5. The average Bonchev–Trinajstić information content (AvgIpc) is 3.22. The number of halogens is 1. The van der Waals surface area contributed by atoms with Crippen molar-refractivity contribution in [3.05, 3.63) is 24.3 Å². The van der Waals surface area contributed by atoms with Crippen LogP contribution in [0.2, 0.25) is 0 Å². The van der Waals surface area contributed by atoms with Crippen LogP contribution in [0, 0.1) is 0 Å². The van der Waals surface area contributed by atoms with Crippen LogP contribution in [0.15, 0.2) is 29.2 Å². The third-order valence-corrected chi connectivity index (χ3v) is 7.05. The quantitative estimate of drug-likeness (QED) is 0.637. The topological polar surface area (TPSA) is 71.1 Å². The molecule has 0 aliphatic carbocycles. The van der Waals surface area contributed by atoms with Gasteiger partial charge in [0.2, 0.25) is 10.0 Å². The first kappa shape index (κ1) is 23.4. The van der Waals surface area contributed by atoms with E-state index in [1.54, 1.807) is 28.6 Å². The van der Waals surface area contributed by atoms with Gasteiger partial charge in [-0.1, -0.05) is 6.92 Å². The molecule has 1 aromatic rings. The fourth-order valence-electron chi connectivity index (χ4n) is 3.51. The Morgan fingerprint density at radius 2 is 1.96 bits per heavy atom. The summed E-state index contributed by atoms with van der Waals surface area (Å²) in [5.74, 6) is 0.707. The molecule has 1 unspecified atom stereocenters. The molecule has 2 fully saturated rings. The van der Waals surface area contributed by atoms with E-state index in [0.717, 1.165) is 52.2 Å². The van der Waals surface area contributed by atoms with Crippen molar-refractivity contribution in [2.24, 2.45) is 0 Å². The predicted octanol–water partition coefficient (Wildman–Crippen LogP) is 1.58. The van der Waals surface area contributed by atoms with Crippen molar-refractivity contribution in [2.45, 2.75) is 30.7 Å². The molecule has 1 atom stereocenters. The molecule has 7 nitrogen and oxygen atoms in total. The largest absolute Gasteiger partial charge is 0.494 e. The lowest BCUT2D eigenvalue weighted by atomic mass is 10.2. The first-order valence-electron chi connectivity index (χ1n) is 9.87. The Labute approximate surface area is 174 Å². The molecule has 28 heavy (non-hydrogen) atoms. The van der Waals surface area contributed by atoms with Crippen LogP contribution in [0.3, 0.4) is 0 Å². The summed E-state index contributed by atoms with van der Waals surface area (Å²) in [7, 11) is -3.54. The Morgan fingerprint density at radius 3 is 2.57 bits per heavy atom. The molecule has 2 saturated heterocycles. The first-order chi connectivity index (χ1) is 13.1. The number of sulfonamides is 1. The lowest BCUT2D eigenvalue weighted by molar-refractivity contribution is 0.0355. The normalized spacial score (nSPS) is 20.9. The second-order valence-electron chi connectivity index (χ2n) is 7.04. The third kappa shape index (κ3) is 6.05. The lowest BCUT2D eigenvalue weighted by Gasteiger charge is -2.32. The molecule has 3 rings (SSSR count). The minimum absolute atomic E-state index is 0. The summed E-state index contributed by atoms with van der Waals surface area (Å²) in [4.78, 5) is 2.61. The van der Waals surface area contributed by atoms with Crippen molar-refractivity contribution in [3.8, 4) is 5.75 Å². The zero-order chi connectivity index (χ0) is 19.1. The van der Waals surface area contributed by atoms with Gasteiger partial charge in [-0.25, -0.2) is 8.42 Å². The summed E-state index contributed by atoms with van der Waals surface area (Å²) in [6.07, 6.45) is 1.77. The fraction of sp³-hybridized carbons (Fsp3) is 0.684. The highest BCUT2D eigenvalue weighted by atomic mass is 35.5. The van der Waals surface area contributed by atoms with E-state index in [1.165, 1.54) is 0 Å². The van der Waals surface area contributed by atoms with E-state index in [-0.39, 0.29) is 18.4 Å². The minimum Gasteiger partial charge on any atom is -0.494 e. The number of nitrogens with zero attached hydrogens (tertiary/aromatic N) is 2. The number of rotatable bonds is 9. The van der Waals surface area contributed by atoms with Gasteiger partial charge in [0, 0.05) is 38.8 Å². The molecule has 2 heterocycles. The second-order valence-corrected chi connectivity index (χ2v) is 8.93. The van der Waals surface area contributed by atoms with Gasteiger partial charge >= 0.3 is 0 Å². The maximum Gasteiger partial charge on any atom is 0.243 e. The number of hydrogen-bond acceptors (Lipinski definition) is 6. The molecular formula is C19H32ClN3O4S.